The maximum atomic E-state index is 9.33. The van der Waals surface area contributed by atoms with Crippen LogP contribution in [0.3, 0.4) is 0 Å². The van der Waals surface area contributed by atoms with Crippen molar-refractivity contribution < 1.29 is 4.74 Å². The average molecular weight is 344 g/mol. The van der Waals surface area contributed by atoms with Gasteiger partial charge >= 0.3 is 0 Å². The second-order valence-corrected chi connectivity index (χ2v) is 6.03. The predicted octanol–water partition coefficient (Wildman–Crippen LogP) is 4.16. The second kappa shape index (κ2) is 8.13. The lowest BCUT2D eigenvalue weighted by Gasteiger charge is -2.11. The molecule has 2 heterocycles. The Labute approximate surface area is 153 Å². The lowest BCUT2D eigenvalue weighted by molar-refractivity contribution is 0.305. The van der Waals surface area contributed by atoms with E-state index in [4.69, 9.17) is 4.74 Å². The Bertz CT molecular complexity index is 915. The summed E-state index contributed by atoms with van der Waals surface area (Å²) in [5.41, 5.74) is 5.18. The molecule has 0 bridgehead atoms. The summed E-state index contributed by atoms with van der Waals surface area (Å²) < 4.78 is 5.77. The summed E-state index contributed by atoms with van der Waals surface area (Å²) in [5, 5.41) is 12.7. The molecule has 0 aliphatic heterocycles. The van der Waals surface area contributed by atoms with Crippen molar-refractivity contribution in [2.75, 3.05) is 5.32 Å². The van der Waals surface area contributed by atoms with Crippen LogP contribution < -0.4 is 10.1 Å². The van der Waals surface area contributed by atoms with Crippen molar-refractivity contribution in [2.45, 2.75) is 27.0 Å². The van der Waals surface area contributed by atoms with Crippen LogP contribution in [0.25, 0.3) is 0 Å². The molecule has 0 aliphatic rings. The third-order valence-corrected chi connectivity index (χ3v) is 3.97. The fourth-order valence-electron chi connectivity index (χ4n) is 2.66. The van der Waals surface area contributed by atoms with Crippen LogP contribution in [-0.2, 0) is 13.2 Å². The Kier molecular flexibility index (Phi) is 5.45. The van der Waals surface area contributed by atoms with Gasteiger partial charge in [0.05, 0.1) is 16.9 Å². The first kappa shape index (κ1) is 17.4. The molecule has 5 nitrogen and oxygen atoms in total. The van der Waals surface area contributed by atoms with Crippen LogP contribution in [-0.4, -0.2) is 9.97 Å². The lowest BCUT2D eigenvalue weighted by Crippen LogP contribution is -2.04. The number of ether oxygens (including phenoxy) is 1. The van der Waals surface area contributed by atoms with E-state index in [1.165, 1.54) is 0 Å². The first-order chi connectivity index (χ1) is 12.7. The highest BCUT2D eigenvalue weighted by molar-refractivity contribution is 5.60. The molecular weight excluding hydrogens is 324 g/mol. The van der Waals surface area contributed by atoms with Crippen LogP contribution in [0.15, 0.2) is 54.9 Å². The van der Waals surface area contributed by atoms with Gasteiger partial charge in [0.1, 0.15) is 18.4 Å². The Morgan fingerprint density at radius 3 is 2.62 bits per heavy atom. The van der Waals surface area contributed by atoms with Gasteiger partial charge in [0.2, 0.25) is 0 Å². The van der Waals surface area contributed by atoms with E-state index in [1.807, 2.05) is 56.3 Å². The number of nitrogens with zero attached hydrogens (tertiary/aromatic N) is 3. The van der Waals surface area contributed by atoms with Gasteiger partial charge in [0.15, 0.2) is 0 Å². The molecule has 5 heteroatoms. The molecule has 0 saturated heterocycles. The second-order valence-electron chi connectivity index (χ2n) is 6.03. The van der Waals surface area contributed by atoms with Crippen molar-refractivity contribution in [3.8, 4) is 11.8 Å². The van der Waals surface area contributed by atoms with Gasteiger partial charge in [0.25, 0.3) is 0 Å². The first-order valence-corrected chi connectivity index (χ1v) is 8.38. The van der Waals surface area contributed by atoms with E-state index in [2.05, 4.69) is 21.4 Å². The van der Waals surface area contributed by atoms with Gasteiger partial charge in [-0.2, -0.15) is 5.26 Å². The van der Waals surface area contributed by atoms with Gasteiger partial charge in [-0.05, 0) is 43.7 Å². The Morgan fingerprint density at radius 1 is 1.12 bits per heavy atom. The summed E-state index contributed by atoms with van der Waals surface area (Å²) in [5.74, 6) is 0.811. The third-order valence-electron chi connectivity index (χ3n) is 3.97. The molecule has 26 heavy (non-hydrogen) atoms. The number of aryl methyl sites for hydroxylation is 2. The number of hydrogen-bond donors (Lipinski definition) is 1. The third kappa shape index (κ3) is 4.37. The molecule has 0 radical (unpaired) electrons. The smallest absolute Gasteiger partial charge is 0.119 e. The number of rotatable bonds is 6. The Morgan fingerprint density at radius 2 is 1.92 bits per heavy atom. The molecule has 0 atom stereocenters. The molecule has 1 N–H and O–H groups in total. The number of nitriles is 1. The van der Waals surface area contributed by atoms with Crippen molar-refractivity contribution >= 4 is 5.69 Å². The first-order valence-electron chi connectivity index (χ1n) is 8.38. The van der Waals surface area contributed by atoms with Crippen molar-refractivity contribution in [2.24, 2.45) is 0 Å². The molecular formula is C21H20N4O. The van der Waals surface area contributed by atoms with E-state index in [9.17, 15) is 5.26 Å². The van der Waals surface area contributed by atoms with E-state index in [0.29, 0.717) is 18.7 Å². The quantitative estimate of drug-likeness (QED) is 0.727. The van der Waals surface area contributed by atoms with Crippen molar-refractivity contribution in [3.05, 3.63) is 82.9 Å². The van der Waals surface area contributed by atoms with E-state index in [0.717, 1.165) is 34.0 Å². The molecule has 2 aromatic heterocycles. The number of benzene rings is 1. The summed E-state index contributed by atoms with van der Waals surface area (Å²) in [6.07, 6.45) is 3.54. The minimum atomic E-state index is 0.493. The van der Waals surface area contributed by atoms with Crippen molar-refractivity contribution in [3.63, 3.8) is 0 Å². The van der Waals surface area contributed by atoms with Crippen LogP contribution in [0.4, 0.5) is 5.69 Å². The Hall–Kier alpha value is -3.39. The summed E-state index contributed by atoms with van der Waals surface area (Å²) >= 11 is 0. The lowest BCUT2D eigenvalue weighted by atomic mass is 10.1. The van der Waals surface area contributed by atoms with Gasteiger partial charge in [-0.3, -0.25) is 9.97 Å². The number of nitrogens with one attached hydrogen (secondary N) is 1. The van der Waals surface area contributed by atoms with E-state index < -0.39 is 0 Å². The van der Waals surface area contributed by atoms with Crippen LogP contribution >= 0.6 is 0 Å². The summed E-state index contributed by atoms with van der Waals surface area (Å²) in [7, 11) is 0. The van der Waals surface area contributed by atoms with Crippen LogP contribution in [0.5, 0.6) is 5.75 Å². The highest BCUT2D eigenvalue weighted by Gasteiger charge is 2.07. The maximum Gasteiger partial charge on any atom is 0.119 e. The van der Waals surface area contributed by atoms with Gasteiger partial charge in [0, 0.05) is 30.2 Å². The summed E-state index contributed by atoms with van der Waals surface area (Å²) in [6.45, 7) is 4.89. The minimum absolute atomic E-state index is 0.493. The SMILES string of the molecule is Cc1cc(NCc2ccc(OCc3cccnc3)cc2)c(C#N)c(C)n1. The van der Waals surface area contributed by atoms with Crippen molar-refractivity contribution in [1.82, 2.24) is 9.97 Å². The molecule has 0 spiro atoms. The fourth-order valence-corrected chi connectivity index (χ4v) is 2.66. The molecule has 0 amide bonds. The molecule has 3 aromatic rings. The zero-order chi connectivity index (χ0) is 18.4. The maximum absolute atomic E-state index is 9.33. The van der Waals surface area contributed by atoms with E-state index in [1.54, 1.807) is 12.4 Å². The number of hydrogen-bond acceptors (Lipinski definition) is 5. The standard InChI is InChI=1S/C21H20N4O/c1-15-10-21(20(11-22)16(2)25-15)24-13-17-5-7-19(8-6-17)26-14-18-4-3-9-23-12-18/h3-10,12H,13-14H2,1-2H3,(H,24,25). The highest BCUT2D eigenvalue weighted by Crippen LogP contribution is 2.20. The summed E-state index contributed by atoms with van der Waals surface area (Å²) in [6, 6.07) is 15.9. The largest absolute Gasteiger partial charge is 0.489 e. The van der Waals surface area contributed by atoms with Gasteiger partial charge in [-0.1, -0.05) is 18.2 Å². The normalized spacial score (nSPS) is 10.2. The minimum Gasteiger partial charge on any atom is -0.489 e. The molecule has 1 aromatic carbocycles. The van der Waals surface area contributed by atoms with Crippen LogP contribution in [0.1, 0.15) is 28.1 Å². The number of aromatic nitrogens is 2. The zero-order valence-corrected chi connectivity index (χ0v) is 14.9. The van der Waals surface area contributed by atoms with Gasteiger partial charge < -0.3 is 10.1 Å². The molecule has 0 saturated carbocycles. The topological polar surface area (TPSA) is 70.8 Å². The molecule has 0 aliphatic carbocycles. The van der Waals surface area contributed by atoms with Gasteiger partial charge in [-0.15, -0.1) is 0 Å². The average Bonchev–Trinajstić information content (AvgIpc) is 2.66. The number of pyridine rings is 2. The molecule has 3 rings (SSSR count). The van der Waals surface area contributed by atoms with E-state index in [-0.39, 0.29) is 0 Å². The zero-order valence-electron chi connectivity index (χ0n) is 14.9. The number of anilines is 1. The predicted molar refractivity (Wildman–Crippen MR) is 101 cm³/mol. The van der Waals surface area contributed by atoms with Crippen molar-refractivity contribution in [1.29, 1.82) is 5.26 Å². The molecule has 0 unspecified atom stereocenters. The Balaban J connectivity index is 1.61. The van der Waals surface area contributed by atoms with Gasteiger partial charge in [-0.25, -0.2) is 0 Å². The molecule has 0 fully saturated rings. The molecule has 130 valence electrons. The highest BCUT2D eigenvalue weighted by atomic mass is 16.5. The monoisotopic (exact) mass is 344 g/mol. The fraction of sp³-hybridized carbons (Fsp3) is 0.190. The van der Waals surface area contributed by atoms with Crippen LogP contribution in [0.2, 0.25) is 0 Å². The summed E-state index contributed by atoms with van der Waals surface area (Å²) in [4.78, 5) is 8.41. The van der Waals surface area contributed by atoms with E-state index >= 15 is 0 Å². The van der Waals surface area contributed by atoms with Crippen LogP contribution in [0, 0.1) is 25.2 Å².